The third-order valence-corrected chi connectivity index (χ3v) is 3.71. The van der Waals surface area contributed by atoms with Crippen LogP contribution in [-0.4, -0.2) is 45.5 Å². The van der Waals surface area contributed by atoms with Crippen molar-refractivity contribution in [2.45, 2.75) is 31.9 Å². The van der Waals surface area contributed by atoms with Crippen molar-refractivity contribution in [2.24, 2.45) is 4.99 Å². The zero-order valence-corrected chi connectivity index (χ0v) is 13.7. The third-order valence-electron chi connectivity index (χ3n) is 3.71. The lowest BCUT2D eigenvalue weighted by atomic mass is 10.2. The molecule has 23 heavy (non-hydrogen) atoms. The van der Waals surface area contributed by atoms with Gasteiger partial charge in [-0.15, -0.1) is 0 Å². The second-order valence-corrected chi connectivity index (χ2v) is 5.51. The molecular weight excluding hydrogens is 297 g/mol. The van der Waals surface area contributed by atoms with Crippen molar-refractivity contribution in [3.63, 3.8) is 0 Å². The second-order valence-electron chi connectivity index (χ2n) is 5.51. The van der Waals surface area contributed by atoms with Gasteiger partial charge in [0.15, 0.2) is 5.96 Å². The summed E-state index contributed by atoms with van der Waals surface area (Å²) in [6.07, 6.45) is 3.40. The number of hydrogen-bond acceptors (Lipinski definition) is 3. The Morgan fingerprint density at radius 2 is 2.26 bits per heavy atom. The topological polar surface area (TPSA) is 54.9 Å². The summed E-state index contributed by atoms with van der Waals surface area (Å²) in [6, 6.07) is 6.72. The van der Waals surface area contributed by atoms with Gasteiger partial charge in [-0.1, -0.05) is 18.2 Å². The maximum Gasteiger partial charge on any atom is 0.191 e. The highest BCUT2D eigenvalue weighted by molar-refractivity contribution is 5.79. The molecule has 0 spiro atoms. The van der Waals surface area contributed by atoms with Crippen LogP contribution in [0.15, 0.2) is 29.3 Å². The first-order chi connectivity index (χ1) is 11.3. The summed E-state index contributed by atoms with van der Waals surface area (Å²) in [5, 5.41) is 6.29. The van der Waals surface area contributed by atoms with Crippen LogP contribution in [0.4, 0.5) is 4.39 Å². The van der Waals surface area contributed by atoms with E-state index in [1.165, 1.54) is 6.07 Å². The van der Waals surface area contributed by atoms with Crippen molar-refractivity contribution in [3.8, 4) is 0 Å². The number of benzene rings is 1. The molecule has 0 saturated carbocycles. The van der Waals surface area contributed by atoms with Gasteiger partial charge < -0.3 is 20.1 Å². The number of aliphatic imine (C=N–C) groups is 1. The van der Waals surface area contributed by atoms with E-state index < -0.39 is 0 Å². The first-order valence-electron chi connectivity index (χ1n) is 8.17. The summed E-state index contributed by atoms with van der Waals surface area (Å²) in [5.41, 5.74) is 0.621. The summed E-state index contributed by atoms with van der Waals surface area (Å²) < 4.78 is 24.6. The van der Waals surface area contributed by atoms with Gasteiger partial charge in [0.2, 0.25) is 0 Å². The first kappa shape index (κ1) is 17.7. The second kappa shape index (κ2) is 10.2. The summed E-state index contributed by atoms with van der Waals surface area (Å²) >= 11 is 0. The molecule has 1 atom stereocenters. The monoisotopic (exact) mass is 323 g/mol. The van der Waals surface area contributed by atoms with E-state index in [1.807, 2.05) is 6.07 Å². The lowest BCUT2D eigenvalue weighted by Crippen LogP contribution is -2.37. The molecular formula is C17H26FN3O2. The van der Waals surface area contributed by atoms with E-state index >= 15 is 0 Å². The van der Waals surface area contributed by atoms with E-state index in [-0.39, 0.29) is 11.9 Å². The molecule has 1 aromatic carbocycles. The van der Waals surface area contributed by atoms with Gasteiger partial charge >= 0.3 is 0 Å². The minimum absolute atomic E-state index is 0.210. The molecule has 2 N–H and O–H groups in total. The molecule has 1 heterocycles. The Labute approximate surface area is 137 Å². The zero-order chi connectivity index (χ0) is 16.3. The van der Waals surface area contributed by atoms with Crippen LogP contribution in [0.3, 0.4) is 0 Å². The van der Waals surface area contributed by atoms with Gasteiger partial charge in [0.25, 0.3) is 0 Å². The largest absolute Gasteiger partial charge is 0.379 e. The van der Waals surface area contributed by atoms with Crippen LogP contribution >= 0.6 is 0 Å². The predicted octanol–water partition coefficient (Wildman–Crippen LogP) is 2.08. The Morgan fingerprint density at radius 3 is 3.00 bits per heavy atom. The molecule has 1 aliphatic heterocycles. The van der Waals surface area contributed by atoms with Crippen molar-refractivity contribution in [1.29, 1.82) is 0 Å². The Bertz CT molecular complexity index is 490. The van der Waals surface area contributed by atoms with E-state index in [0.717, 1.165) is 32.4 Å². The van der Waals surface area contributed by atoms with Crippen LogP contribution in [0, 0.1) is 5.82 Å². The minimum atomic E-state index is -0.210. The molecule has 1 saturated heterocycles. The van der Waals surface area contributed by atoms with Gasteiger partial charge in [-0.3, -0.25) is 4.99 Å². The van der Waals surface area contributed by atoms with Gasteiger partial charge in [-0.2, -0.15) is 0 Å². The van der Waals surface area contributed by atoms with Gasteiger partial charge in [0.05, 0.1) is 12.7 Å². The molecule has 0 aliphatic carbocycles. The van der Waals surface area contributed by atoms with Crippen LogP contribution in [0.5, 0.6) is 0 Å². The van der Waals surface area contributed by atoms with Crippen LogP contribution in [0.2, 0.25) is 0 Å². The van der Waals surface area contributed by atoms with Gasteiger partial charge in [0.1, 0.15) is 5.82 Å². The molecule has 2 rings (SSSR count). The summed E-state index contributed by atoms with van der Waals surface area (Å²) in [7, 11) is 1.70. The fraction of sp³-hybridized carbons (Fsp3) is 0.588. The average molecular weight is 323 g/mol. The quantitative estimate of drug-likeness (QED) is 0.437. The van der Waals surface area contributed by atoms with Crippen LogP contribution in [0.1, 0.15) is 24.8 Å². The highest BCUT2D eigenvalue weighted by Crippen LogP contribution is 2.11. The molecule has 128 valence electrons. The molecule has 0 radical (unpaired) electrons. The number of guanidine groups is 1. The Kier molecular flexibility index (Phi) is 7.83. The molecule has 1 aromatic rings. The fourth-order valence-electron chi connectivity index (χ4n) is 2.41. The fourth-order valence-corrected chi connectivity index (χ4v) is 2.41. The Morgan fingerprint density at radius 1 is 1.39 bits per heavy atom. The first-order valence-corrected chi connectivity index (χ1v) is 8.17. The van der Waals surface area contributed by atoms with Gasteiger partial charge in [-0.05, 0) is 25.3 Å². The molecule has 1 unspecified atom stereocenters. The smallest absolute Gasteiger partial charge is 0.191 e. The minimum Gasteiger partial charge on any atom is -0.379 e. The van der Waals surface area contributed by atoms with Gasteiger partial charge in [-0.25, -0.2) is 4.39 Å². The standard InChI is InChI=1S/C17H26FN3O2/c1-19-17(21-12-14-6-2-3-8-16(14)18)20-9-5-10-22-13-15-7-4-11-23-15/h2-3,6,8,15H,4-5,7,9-13H2,1H3,(H2,19,20,21). The highest BCUT2D eigenvalue weighted by atomic mass is 19.1. The molecule has 6 heteroatoms. The number of nitrogens with zero attached hydrogens (tertiary/aromatic N) is 1. The molecule has 0 aromatic heterocycles. The van der Waals surface area contributed by atoms with E-state index in [1.54, 1.807) is 19.2 Å². The average Bonchev–Trinajstić information content (AvgIpc) is 3.08. The molecule has 0 amide bonds. The summed E-state index contributed by atoms with van der Waals surface area (Å²) in [5.74, 6) is 0.449. The van der Waals surface area contributed by atoms with Crippen molar-refractivity contribution in [3.05, 3.63) is 35.6 Å². The third kappa shape index (κ3) is 6.54. The summed E-state index contributed by atoms with van der Waals surface area (Å²) in [6.45, 7) is 3.39. The zero-order valence-electron chi connectivity index (χ0n) is 13.7. The van der Waals surface area contributed by atoms with Crippen molar-refractivity contribution in [1.82, 2.24) is 10.6 Å². The SMILES string of the molecule is CN=C(NCCCOCC1CCCO1)NCc1ccccc1F. The lowest BCUT2D eigenvalue weighted by Gasteiger charge is -2.13. The Balaban J connectivity index is 1.55. The predicted molar refractivity (Wildman–Crippen MR) is 89.0 cm³/mol. The van der Waals surface area contributed by atoms with E-state index in [9.17, 15) is 4.39 Å². The van der Waals surface area contributed by atoms with Crippen LogP contribution in [-0.2, 0) is 16.0 Å². The molecule has 0 bridgehead atoms. The number of nitrogens with one attached hydrogen (secondary N) is 2. The highest BCUT2D eigenvalue weighted by Gasteiger charge is 2.14. The van der Waals surface area contributed by atoms with Crippen LogP contribution in [0.25, 0.3) is 0 Å². The van der Waals surface area contributed by atoms with Gasteiger partial charge in [0, 0.05) is 38.9 Å². The number of rotatable bonds is 8. The van der Waals surface area contributed by atoms with E-state index in [2.05, 4.69) is 15.6 Å². The normalized spacial score (nSPS) is 18.2. The van der Waals surface area contributed by atoms with Crippen LogP contribution < -0.4 is 10.6 Å². The number of halogens is 1. The maximum atomic E-state index is 13.5. The van der Waals surface area contributed by atoms with E-state index in [4.69, 9.17) is 9.47 Å². The summed E-state index contributed by atoms with van der Waals surface area (Å²) in [4.78, 5) is 4.12. The van der Waals surface area contributed by atoms with Crippen molar-refractivity contribution in [2.75, 3.05) is 33.4 Å². The number of hydrogen-bond donors (Lipinski definition) is 2. The van der Waals surface area contributed by atoms with Crippen molar-refractivity contribution < 1.29 is 13.9 Å². The van der Waals surface area contributed by atoms with E-state index in [0.29, 0.717) is 31.3 Å². The lowest BCUT2D eigenvalue weighted by molar-refractivity contribution is 0.0168. The Hall–Kier alpha value is -1.66. The van der Waals surface area contributed by atoms with Crippen molar-refractivity contribution >= 4 is 5.96 Å². The molecule has 1 aliphatic rings. The maximum absolute atomic E-state index is 13.5. The molecule has 5 nitrogen and oxygen atoms in total. The number of ether oxygens (including phenoxy) is 2. The molecule has 1 fully saturated rings.